The van der Waals surface area contributed by atoms with E-state index in [0.29, 0.717) is 22.1 Å². The fourth-order valence-corrected chi connectivity index (χ4v) is 1.55. The van der Waals surface area contributed by atoms with Gasteiger partial charge in [0.15, 0.2) is 0 Å². The van der Waals surface area contributed by atoms with Crippen molar-refractivity contribution in [1.82, 2.24) is 15.0 Å². The summed E-state index contributed by atoms with van der Waals surface area (Å²) in [5, 5.41) is 0.443. The Balaban J connectivity index is 2.62. The van der Waals surface area contributed by atoms with E-state index in [1.54, 1.807) is 12.1 Å². The largest absolute Gasteiger partial charge is 0.384 e. The van der Waals surface area contributed by atoms with Crippen LogP contribution in [-0.2, 0) is 0 Å². The standard InChI is InChI=1S/C9H7Cl2N5/c10-5-3-14-9(11)16-7(5)4-1-2-6(12)15-8(4)13/h1-3H,(H4,12,13,15). The highest BCUT2D eigenvalue weighted by Crippen LogP contribution is 2.29. The van der Waals surface area contributed by atoms with Gasteiger partial charge in [-0.1, -0.05) is 11.6 Å². The van der Waals surface area contributed by atoms with Crippen LogP contribution in [0.1, 0.15) is 0 Å². The van der Waals surface area contributed by atoms with Gasteiger partial charge in [-0.05, 0) is 23.7 Å². The fraction of sp³-hybridized carbons (Fsp3) is 0. The lowest BCUT2D eigenvalue weighted by Gasteiger charge is -2.06. The summed E-state index contributed by atoms with van der Waals surface area (Å²) in [7, 11) is 0. The molecule has 0 atom stereocenters. The molecule has 0 aliphatic heterocycles. The van der Waals surface area contributed by atoms with E-state index in [0.717, 1.165) is 0 Å². The molecule has 4 N–H and O–H groups in total. The lowest BCUT2D eigenvalue weighted by atomic mass is 10.2. The average Bonchev–Trinajstić information content (AvgIpc) is 2.22. The lowest BCUT2D eigenvalue weighted by Crippen LogP contribution is -2.00. The van der Waals surface area contributed by atoms with E-state index in [1.807, 2.05) is 0 Å². The molecule has 0 saturated carbocycles. The normalized spacial score (nSPS) is 10.4. The molecule has 2 aromatic heterocycles. The van der Waals surface area contributed by atoms with Gasteiger partial charge in [0.25, 0.3) is 0 Å². The third kappa shape index (κ3) is 2.00. The number of hydrogen-bond donors (Lipinski definition) is 2. The van der Waals surface area contributed by atoms with Crippen LogP contribution in [0.4, 0.5) is 11.6 Å². The van der Waals surface area contributed by atoms with Gasteiger partial charge in [0.2, 0.25) is 5.28 Å². The number of aromatic nitrogens is 3. The van der Waals surface area contributed by atoms with Crippen LogP contribution in [0, 0.1) is 0 Å². The van der Waals surface area contributed by atoms with Gasteiger partial charge in [-0.25, -0.2) is 15.0 Å². The minimum Gasteiger partial charge on any atom is -0.384 e. The Hall–Kier alpha value is -1.59. The summed E-state index contributed by atoms with van der Waals surface area (Å²) in [6, 6.07) is 3.29. The van der Waals surface area contributed by atoms with Crippen LogP contribution in [0.3, 0.4) is 0 Å². The number of rotatable bonds is 1. The van der Waals surface area contributed by atoms with Crippen molar-refractivity contribution < 1.29 is 0 Å². The van der Waals surface area contributed by atoms with E-state index in [9.17, 15) is 0 Å². The maximum Gasteiger partial charge on any atom is 0.222 e. The Morgan fingerprint density at radius 2 is 1.81 bits per heavy atom. The Kier molecular flexibility index (Phi) is 2.80. The van der Waals surface area contributed by atoms with Crippen molar-refractivity contribution >= 4 is 34.8 Å². The zero-order chi connectivity index (χ0) is 11.7. The first-order chi connectivity index (χ1) is 7.58. The Morgan fingerprint density at radius 3 is 2.50 bits per heavy atom. The van der Waals surface area contributed by atoms with Crippen LogP contribution < -0.4 is 11.5 Å². The molecule has 0 radical (unpaired) electrons. The Labute approximate surface area is 101 Å². The molecule has 16 heavy (non-hydrogen) atoms. The van der Waals surface area contributed by atoms with Gasteiger partial charge in [0.1, 0.15) is 11.6 Å². The van der Waals surface area contributed by atoms with Gasteiger partial charge in [-0.2, -0.15) is 0 Å². The van der Waals surface area contributed by atoms with Gasteiger partial charge in [-0.3, -0.25) is 0 Å². The summed E-state index contributed by atoms with van der Waals surface area (Å²) in [5.74, 6) is 0.578. The highest BCUT2D eigenvalue weighted by molar-refractivity contribution is 6.33. The number of hydrogen-bond acceptors (Lipinski definition) is 5. The van der Waals surface area contributed by atoms with Crippen LogP contribution in [0.2, 0.25) is 10.3 Å². The van der Waals surface area contributed by atoms with Gasteiger partial charge in [0, 0.05) is 5.56 Å². The van der Waals surface area contributed by atoms with Crippen molar-refractivity contribution in [2.24, 2.45) is 0 Å². The summed E-state index contributed by atoms with van der Waals surface area (Å²) in [6.45, 7) is 0. The SMILES string of the molecule is Nc1ccc(-c2nc(Cl)ncc2Cl)c(N)n1. The minimum atomic E-state index is 0.0932. The lowest BCUT2D eigenvalue weighted by molar-refractivity contribution is 1.17. The van der Waals surface area contributed by atoms with E-state index < -0.39 is 0 Å². The molecule has 0 aliphatic rings. The third-order valence-electron chi connectivity index (χ3n) is 1.92. The molecule has 5 nitrogen and oxygen atoms in total. The smallest absolute Gasteiger partial charge is 0.222 e. The molecule has 0 bridgehead atoms. The predicted octanol–water partition coefficient (Wildman–Crippen LogP) is 2.01. The van der Waals surface area contributed by atoms with E-state index >= 15 is 0 Å². The molecule has 7 heteroatoms. The number of nitrogens with zero attached hydrogens (tertiary/aromatic N) is 3. The van der Waals surface area contributed by atoms with Crippen molar-refractivity contribution in [1.29, 1.82) is 0 Å². The van der Waals surface area contributed by atoms with E-state index in [4.69, 9.17) is 34.7 Å². The Bertz CT molecular complexity index is 543. The summed E-state index contributed by atoms with van der Waals surface area (Å²) in [4.78, 5) is 11.7. The molecule has 2 rings (SSSR count). The number of nitrogen functional groups attached to an aromatic ring is 2. The van der Waals surface area contributed by atoms with Crippen LogP contribution in [-0.4, -0.2) is 15.0 Å². The second-order valence-corrected chi connectivity index (χ2v) is 3.75. The number of anilines is 2. The van der Waals surface area contributed by atoms with Crippen LogP contribution in [0.5, 0.6) is 0 Å². The van der Waals surface area contributed by atoms with Crippen LogP contribution in [0.15, 0.2) is 18.3 Å². The monoisotopic (exact) mass is 255 g/mol. The van der Waals surface area contributed by atoms with Crippen molar-refractivity contribution in [3.8, 4) is 11.3 Å². The molecule has 82 valence electrons. The zero-order valence-corrected chi connectivity index (χ0v) is 9.50. The second kappa shape index (κ2) is 4.11. The Morgan fingerprint density at radius 1 is 1.06 bits per heavy atom. The van der Waals surface area contributed by atoms with Crippen molar-refractivity contribution in [3.05, 3.63) is 28.6 Å². The first kappa shape index (κ1) is 10.9. The predicted molar refractivity (Wildman–Crippen MR) is 64.1 cm³/mol. The van der Waals surface area contributed by atoms with Crippen molar-refractivity contribution in [2.75, 3.05) is 11.5 Å². The molecule has 2 heterocycles. The maximum atomic E-state index is 5.94. The van der Waals surface area contributed by atoms with Crippen LogP contribution >= 0.6 is 23.2 Å². The average molecular weight is 256 g/mol. The number of halogens is 2. The van der Waals surface area contributed by atoms with E-state index in [1.165, 1.54) is 6.20 Å². The molecule has 0 spiro atoms. The maximum absolute atomic E-state index is 5.94. The number of pyridine rings is 1. The summed E-state index contributed by atoms with van der Waals surface area (Å²) in [6.07, 6.45) is 1.40. The topological polar surface area (TPSA) is 90.7 Å². The van der Waals surface area contributed by atoms with Crippen LogP contribution in [0.25, 0.3) is 11.3 Å². The highest BCUT2D eigenvalue weighted by atomic mass is 35.5. The minimum absolute atomic E-state index is 0.0932. The van der Waals surface area contributed by atoms with Gasteiger partial charge < -0.3 is 11.5 Å². The van der Waals surface area contributed by atoms with Crippen molar-refractivity contribution in [2.45, 2.75) is 0 Å². The molecule has 0 amide bonds. The molecule has 0 saturated heterocycles. The molecule has 0 aromatic carbocycles. The quantitative estimate of drug-likeness (QED) is 0.761. The second-order valence-electron chi connectivity index (χ2n) is 3.00. The molecule has 2 aromatic rings. The number of nitrogens with two attached hydrogens (primary N) is 2. The summed E-state index contributed by atoms with van der Waals surface area (Å²) >= 11 is 11.6. The molecular weight excluding hydrogens is 249 g/mol. The summed E-state index contributed by atoms with van der Waals surface area (Å²) in [5.41, 5.74) is 12.2. The molecule has 0 unspecified atom stereocenters. The molecule has 0 aliphatic carbocycles. The molecular formula is C9H7Cl2N5. The van der Waals surface area contributed by atoms with E-state index in [-0.39, 0.29) is 11.1 Å². The first-order valence-electron chi connectivity index (χ1n) is 4.28. The van der Waals surface area contributed by atoms with Gasteiger partial charge in [0.05, 0.1) is 16.9 Å². The first-order valence-corrected chi connectivity index (χ1v) is 5.04. The fourth-order valence-electron chi connectivity index (χ4n) is 1.23. The van der Waals surface area contributed by atoms with Gasteiger partial charge >= 0.3 is 0 Å². The zero-order valence-electron chi connectivity index (χ0n) is 7.98. The highest BCUT2D eigenvalue weighted by Gasteiger charge is 2.11. The van der Waals surface area contributed by atoms with Gasteiger partial charge in [-0.15, -0.1) is 0 Å². The van der Waals surface area contributed by atoms with E-state index in [2.05, 4.69) is 15.0 Å². The molecule has 0 fully saturated rings. The third-order valence-corrected chi connectivity index (χ3v) is 2.37. The summed E-state index contributed by atoms with van der Waals surface area (Å²) < 4.78 is 0. The van der Waals surface area contributed by atoms with Crippen molar-refractivity contribution in [3.63, 3.8) is 0 Å².